The number of hydrogen-bond acceptors (Lipinski definition) is 5. The number of aromatic amines is 1. The molecule has 5 rings (SSSR count). The first-order valence-corrected chi connectivity index (χ1v) is 12.1. The Hall–Kier alpha value is -4.10. The Morgan fingerprint density at radius 1 is 0.833 bits per heavy atom. The van der Waals surface area contributed by atoms with Gasteiger partial charge in [0.15, 0.2) is 5.82 Å². The highest BCUT2D eigenvalue weighted by Crippen LogP contribution is 2.20. The van der Waals surface area contributed by atoms with Gasteiger partial charge in [0.1, 0.15) is 0 Å². The lowest BCUT2D eigenvalue weighted by atomic mass is 10.0. The van der Waals surface area contributed by atoms with Crippen LogP contribution < -0.4 is 5.56 Å². The number of aryl methyl sites for hydroxylation is 3. The molecule has 0 fully saturated rings. The molecule has 0 aliphatic carbocycles. The third-order valence-electron chi connectivity index (χ3n) is 6.44. The van der Waals surface area contributed by atoms with E-state index in [1.165, 1.54) is 16.7 Å². The number of H-pyrrole nitrogens is 1. The lowest BCUT2D eigenvalue weighted by Crippen LogP contribution is -2.28. The van der Waals surface area contributed by atoms with Crippen LogP contribution in [0.15, 0.2) is 77.6 Å². The molecule has 0 bridgehead atoms. The molecule has 36 heavy (non-hydrogen) atoms. The van der Waals surface area contributed by atoms with E-state index in [2.05, 4.69) is 87.8 Å². The third-order valence-corrected chi connectivity index (χ3v) is 6.44. The second-order valence-electron chi connectivity index (χ2n) is 9.54. The molecule has 0 aliphatic rings. The molecule has 0 amide bonds. The fraction of sp³-hybridized carbons (Fsp3) is 0.241. The molecule has 2 heterocycles. The first-order chi connectivity index (χ1) is 17.4. The van der Waals surface area contributed by atoms with Gasteiger partial charge in [0.25, 0.3) is 5.56 Å². The van der Waals surface area contributed by atoms with Crippen molar-refractivity contribution < 1.29 is 0 Å². The van der Waals surface area contributed by atoms with E-state index in [-0.39, 0.29) is 5.56 Å². The number of nitrogens with one attached hydrogen (secondary N) is 1. The topological polar surface area (TPSA) is 79.7 Å². The number of tetrazole rings is 1. The van der Waals surface area contributed by atoms with Crippen LogP contribution >= 0.6 is 0 Å². The van der Waals surface area contributed by atoms with Crippen molar-refractivity contribution in [3.8, 4) is 0 Å². The van der Waals surface area contributed by atoms with E-state index in [9.17, 15) is 4.79 Å². The summed E-state index contributed by atoms with van der Waals surface area (Å²) < 4.78 is 1.83. The van der Waals surface area contributed by atoms with E-state index >= 15 is 0 Å². The monoisotopic (exact) mass is 478 g/mol. The summed E-state index contributed by atoms with van der Waals surface area (Å²) in [4.78, 5) is 18.4. The number of benzene rings is 3. The minimum Gasteiger partial charge on any atom is -0.321 e. The Morgan fingerprint density at radius 3 is 2.39 bits per heavy atom. The van der Waals surface area contributed by atoms with Crippen molar-refractivity contribution in [1.82, 2.24) is 30.1 Å². The molecule has 0 atom stereocenters. The Balaban J connectivity index is 1.46. The summed E-state index contributed by atoms with van der Waals surface area (Å²) in [5, 5.41) is 13.5. The standard InChI is InChI=1S/C29H30N6O/c1-20-9-11-24(12-10-20)16-34(19-27-31-32-33-35(27)17-23-7-5-4-6-8-23)18-26-15-25-14-21(2)13-22(3)28(25)30-29(26)36/h4-15H,16-19H2,1-3H3,(H,30,36). The molecule has 0 unspecified atom stereocenters. The summed E-state index contributed by atoms with van der Waals surface area (Å²) in [6, 6.07) is 24.9. The maximum Gasteiger partial charge on any atom is 0.252 e. The first kappa shape index (κ1) is 23.6. The Morgan fingerprint density at radius 2 is 1.61 bits per heavy atom. The fourth-order valence-electron chi connectivity index (χ4n) is 4.63. The normalized spacial score (nSPS) is 11.4. The van der Waals surface area contributed by atoms with Crippen molar-refractivity contribution in [1.29, 1.82) is 0 Å². The van der Waals surface area contributed by atoms with Crippen LogP contribution in [0.2, 0.25) is 0 Å². The van der Waals surface area contributed by atoms with Gasteiger partial charge >= 0.3 is 0 Å². The van der Waals surface area contributed by atoms with E-state index in [4.69, 9.17) is 0 Å². The average Bonchev–Trinajstić information content (AvgIpc) is 3.28. The summed E-state index contributed by atoms with van der Waals surface area (Å²) in [7, 11) is 0. The Kier molecular flexibility index (Phi) is 6.73. The van der Waals surface area contributed by atoms with E-state index in [0.717, 1.165) is 33.4 Å². The highest BCUT2D eigenvalue weighted by molar-refractivity contribution is 5.82. The minimum absolute atomic E-state index is 0.0627. The van der Waals surface area contributed by atoms with Gasteiger partial charge in [-0.25, -0.2) is 4.68 Å². The molecule has 0 aliphatic heterocycles. The van der Waals surface area contributed by atoms with Crippen molar-refractivity contribution in [3.05, 3.63) is 122 Å². The molecule has 0 saturated heterocycles. The molecule has 5 aromatic rings. The number of rotatable bonds is 8. The highest BCUT2D eigenvalue weighted by atomic mass is 16.1. The number of pyridine rings is 1. The Bertz CT molecular complexity index is 1540. The largest absolute Gasteiger partial charge is 0.321 e. The molecule has 1 N–H and O–H groups in total. The smallest absolute Gasteiger partial charge is 0.252 e. The Labute approximate surface area is 210 Å². The number of fused-ring (bicyclic) bond motifs is 1. The second-order valence-corrected chi connectivity index (χ2v) is 9.54. The van der Waals surface area contributed by atoms with Gasteiger partial charge in [-0.3, -0.25) is 9.69 Å². The lowest BCUT2D eigenvalue weighted by molar-refractivity contribution is 0.236. The number of aromatic nitrogens is 5. The zero-order valence-electron chi connectivity index (χ0n) is 20.9. The predicted molar refractivity (Wildman–Crippen MR) is 142 cm³/mol. The van der Waals surface area contributed by atoms with Crippen LogP contribution in [0.4, 0.5) is 0 Å². The predicted octanol–water partition coefficient (Wildman–Crippen LogP) is 4.69. The van der Waals surface area contributed by atoms with Crippen molar-refractivity contribution in [2.24, 2.45) is 0 Å². The summed E-state index contributed by atoms with van der Waals surface area (Å²) in [5.74, 6) is 0.759. The quantitative estimate of drug-likeness (QED) is 0.350. The molecule has 2 aromatic heterocycles. The zero-order chi connectivity index (χ0) is 25.1. The lowest BCUT2D eigenvalue weighted by Gasteiger charge is -2.22. The molecule has 7 nitrogen and oxygen atoms in total. The van der Waals surface area contributed by atoms with Crippen LogP contribution in [0.5, 0.6) is 0 Å². The zero-order valence-corrected chi connectivity index (χ0v) is 20.9. The second kappa shape index (κ2) is 10.3. The summed E-state index contributed by atoms with van der Waals surface area (Å²) in [6.07, 6.45) is 0. The molecular formula is C29H30N6O. The van der Waals surface area contributed by atoms with Crippen molar-refractivity contribution in [2.45, 2.75) is 47.0 Å². The SMILES string of the molecule is Cc1ccc(CN(Cc2cc3cc(C)cc(C)c3[nH]c2=O)Cc2nnnn2Cc2ccccc2)cc1. The highest BCUT2D eigenvalue weighted by Gasteiger charge is 2.16. The fourth-order valence-corrected chi connectivity index (χ4v) is 4.63. The van der Waals surface area contributed by atoms with Gasteiger partial charge in [-0.1, -0.05) is 71.8 Å². The van der Waals surface area contributed by atoms with Gasteiger partial charge in [-0.2, -0.15) is 0 Å². The van der Waals surface area contributed by atoms with Gasteiger partial charge in [0, 0.05) is 18.7 Å². The van der Waals surface area contributed by atoms with E-state index < -0.39 is 0 Å². The molecule has 0 spiro atoms. The third kappa shape index (κ3) is 5.42. The van der Waals surface area contributed by atoms with Crippen LogP contribution in [0.1, 0.15) is 39.2 Å². The summed E-state index contributed by atoms with van der Waals surface area (Å²) >= 11 is 0. The summed E-state index contributed by atoms with van der Waals surface area (Å²) in [6.45, 7) is 8.44. The molecule has 182 valence electrons. The van der Waals surface area contributed by atoms with E-state index in [1.54, 1.807) is 0 Å². The molecule has 7 heteroatoms. The van der Waals surface area contributed by atoms with Gasteiger partial charge in [0.2, 0.25) is 0 Å². The van der Waals surface area contributed by atoms with Crippen LogP contribution in [0, 0.1) is 20.8 Å². The van der Waals surface area contributed by atoms with Gasteiger partial charge < -0.3 is 4.98 Å². The molecule has 3 aromatic carbocycles. The number of hydrogen-bond donors (Lipinski definition) is 1. The van der Waals surface area contributed by atoms with Gasteiger partial charge in [-0.15, -0.1) is 5.10 Å². The van der Waals surface area contributed by atoms with E-state index in [1.807, 2.05) is 35.9 Å². The van der Waals surface area contributed by atoms with Crippen molar-refractivity contribution in [3.63, 3.8) is 0 Å². The van der Waals surface area contributed by atoms with Crippen molar-refractivity contribution in [2.75, 3.05) is 0 Å². The number of nitrogens with zero attached hydrogens (tertiary/aromatic N) is 5. The van der Waals surface area contributed by atoms with Gasteiger partial charge in [0.05, 0.1) is 18.6 Å². The maximum atomic E-state index is 13.1. The van der Waals surface area contributed by atoms with Crippen LogP contribution in [0.3, 0.4) is 0 Å². The average molecular weight is 479 g/mol. The van der Waals surface area contributed by atoms with Crippen LogP contribution in [-0.4, -0.2) is 30.1 Å². The van der Waals surface area contributed by atoms with Crippen LogP contribution in [-0.2, 0) is 26.2 Å². The molecular weight excluding hydrogens is 448 g/mol. The molecule has 0 radical (unpaired) electrons. The van der Waals surface area contributed by atoms with Crippen molar-refractivity contribution >= 4 is 10.9 Å². The summed E-state index contributed by atoms with van der Waals surface area (Å²) in [5.41, 5.74) is 7.33. The molecule has 0 saturated carbocycles. The van der Waals surface area contributed by atoms with Gasteiger partial charge in [-0.05, 0) is 65.4 Å². The van der Waals surface area contributed by atoms with Crippen LogP contribution in [0.25, 0.3) is 10.9 Å². The minimum atomic E-state index is -0.0627. The first-order valence-electron chi connectivity index (χ1n) is 12.1. The van der Waals surface area contributed by atoms with E-state index in [0.29, 0.717) is 26.2 Å². The maximum absolute atomic E-state index is 13.1.